The summed E-state index contributed by atoms with van der Waals surface area (Å²) in [6, 6.07) is 6.71. The van der Waals surface area contributed by atoms with E-state index in [0.717, 1.165) is 49.1 Å². The second-order valence-electron chi connectivity index (χ2n) is 5.63. The van der Waals surface area contributed by atoms with Gasteiger partial charge in [0, 0.05) is 29.1 Å². The van der Waals surface area contributed by atoms with Gasteiger partial charge in [0.15, 0.2) is 0 Å². The van der Waals surface area contributed by atoms with Crippen LogP contribution in [-0.2, 0) is 4.74 Å². The summed E-state index contributed by atoms with van der Waals surface area (Å²) >= 11 is 3.53. The molecule has 1 saturated heterocycles. The summed E-state index contributed by atoms with van der Waals surface area (Å²) in [6.07, 6.45) is 4.85. The highest BCUT2D eigenvalue weighted by molar-refractivity contribution is 9.10. The van der Waals surface area contributed by atoms with Gasteiger partial charge in [0.1, 0.15) is 11.9 Å². The summed E-state index contributed by atoms with van der Waals surface area (Å²) in [7, 11) is 0. The number of benzene rings is 1. The zero-order chi connectivity index (χ0) is 13.9. The third-order valence-corrected chi connectivity index (χ3v) is 4.61. The number of halogens is 1. The van der Waals surface area contributed by atoms with E-state index in [1.54, 1.807) is 0 Å². The first-order valence-electron chi connectivity index (χ1n) is 7.59. The van der Waals surface area contributed by atoms with Crippen LogP contribution < -0.4 is 10.1 Å². The molecular formula is C16H22BrNO2. The molecule has 20 heavy (non-hydrogen) atoms. The van der Waals surface area contributed by atoms with Crippen molar-refractivity contribution in [3.05, 3.63) is 28.2 Å². The maximum atomic E-state index is 6.21. The maximum Gasteiger partial charge on any atom is 0.127 e. The van der Waals surface area contributed by atoms with Crippen molar-refractivity contribution in [3.8, 4) is 5.75 Å². The van der Waals surface area contributed by atoms with E-state index in [4.69, 9.17) is 9.47 Å². The molecular weight excluding hydrogens is 318 g/mol. The highest BCUT2D eigenvalue weighted by Crippen LogP contribution is 2.39. The van der Waals surface area contributed by atoms with Crippen LogP contribution in [0.5, 0.6) is 5.75 Å². The van der Waals surface area contributed by atoms with Crippen LogP contribution in [0.3, 0.4) is 0 Å². The summed E-state index contributed by atoms with van der Waals surface area (Å²) in [5.41, 5.74) is 1.27. The molecule has 0 amide bonds. The molecule has 3 nitrogen and oxygen atoms in total. The first-order valence-corrected chi connectivity index (χ1v) is 8.38. The highest BCUT2D eigenvalue weighted by atomic mass is 79.9. The average molecular weight is 340 g/mol. The van der Waals surface area contributed by atoms with Gasteiger partial charge in [-0.2, -0.15) is 0 Å². The second kappa shape index (κ2) is 6.46. The van der Waals surface area contributed by atoms with Crippen LogP contribution in [0.2, 0.25) is 0 Å². The smallest absolute Gasteiger partial charge is 0.127 e. The molecule has 1 aromatic carbocycles. The van der Waals surface area contributed by atoms with E-state index in [-0.39, 0.29) is 12.2 Å². The number of hydrogen-bond donors (Lipinski definition) is 1. The Morgan fingerprint density at radius 1 is 1.35 bits per heavy atom. The minimum atomic E-state index is 0.175. The minimum absolute atomic E-state index is 0.175. The number of nitrogens with one attached hydrogen (secondary N) is 1. The molecule has 0 aliphatic carbocycles. The summed E-state index contributed by atoms with van der Waals surface area (Å²) in [4.78, 5) is 0. The van der Waals surface area contributed by atoms with Crippen molar-refractivity contribution in [1.82, 2.24) is 5.32 Å². The molecule has 0 bridgehead atoms. The zero-order valence-corrected chi connectivity index (χ0v) is 13.5. The standard InChI is InChI=1S/C16H22BrNO2/c1-2-7-18-13-10-16(14-4-3-8-19-14)20-15-9-11(17)5-6-12(13)15/h5-6,9,13-14,16,18H,2-4,7-8,10H2,1H3. The Labute approximate surface area is 129 Å². The number of ether oxygens (including phenoxy) is 2. The summed E-state index contributed by atoms with van der Waals surface area (Å²) in [5, 5.41) is 3.65. The third-order valence-electron chi connectivity index (χ3n) is 4.12. The lowest BCUT2D eigenvalue weighted by Gasteiger charge is -2.35. The molecule has 3 atom stereocenters. The normalized spacial score (nSPS) is 29.0. The molecule has 1 aromatic rings. The molecule has 3 unspecified atom stereocenters. The van der Waals surface area contributed by atoms with Crippen molar-refractivity contribution < 1.29 is 9.47 Å². The lowest BCUT2D eigenvalue weighted by atomic mass is 9.93. The van der Waals surface area contributed by atoms with Crippen LogP contribution in [0, 0.1) is 0 Å². The Bertz CT molecular complexity index is 460. The molecule has 0 saturated carbocycles. The lowest BCUT2D eigenvalue weighted by Crippen LogP contribution is -2.40. The molecule has 0 aromatic heterocycles. The van der Waals surface area contributed by atoms with Gasteiger partial charge in [-0.25, -0.2) is 0 Å². The van der Waals surface area contributed by atoms with E-state index >= 15 is 0 Å². The minimum Gasteiger partial charge on any atom is -0.487 e. The van der Waals surface area contributed by atoms with E-state index in [1.807, 2.05) is 0 Å². The van der Waals surface area contributed by atoms with Crippen LogP contribution in [-0.4, -0.2) is 25.4 Å². The van der Waals surface area contributed by atoms with Gasteiger partial charge in [-0.05, 0) is 37.9 Å². The molecule has 0 radical (unpaired) electrons. The monoisotopic (exact) mass is 339 g/mol. The van der Waals surface area contributed by atoms with E-state index in [1.165, 1.54) is 5.56 Å². The third kappa shape index (κ3) is 3.02. The van der Waals surface area contributed by atoms with Crippen molar-refractivity contribution >= 4 is 15.9 Å². The van der Waals surface area contributed by atoms with Gasteiger partial charge in [-0.15, -0.1) is 0 Å². The van der Waals surface area contributed by atoms with E-state index in [9.17, 15) is 0 Å². The number of hydrogen-bond acceptors (Lipinski definition) is 3. The van der Waals surface area contributed by atoms with E-state index in [0.29, 0.717) is 6.04 Å². The van der Waals surface area contributed by atoms with Gasteiger partial charge < -0.3 is 14.8 Å². The predicted molar refractivity (Wildman–Crippen MR) is 83.2 cm³/mol. The van der Waals surface area contributed by atoms with E-state index in [2.05, 4.69) is 46.4 Å². The Balaban J connectivity index is 1.82. The Morgan fingerprint density at radius 3 is 3.00 bits per heavy atom. The van der Waals surface area contributed by atoms with Crippen LogP contribution in [0.25, 0.3) is 0 Å². The molecule has 2 heterocycles. The van der Waals surface area contributed by atoms with Gasteiger partial charge in [-0.1, -0.05) is 28.9 Å². The predicted octanol–water partition coefficient (Wildman–Crippen LogP) is 3.82. The topological polar surface area (TPSA) is 30.5 Å². The molecule has 1 fully saturated rings. The van der Waals surface area contributed by atoms with Crippen LogP contribution in [0.15, 0.2) is 22.7 Å². The SMILES string of the molecule is CCCNC1CC(C2CCCO2)Oc2cc(Br)ccc21. The Hall–Kier alpha value is -0.580. The first-order chi connectivity index (χ1) is 9.78. The Morgan fingerprint density at radius 2 is 2.25 bits per heavy atom. The number of rotatable bonds is 4. The number of fused-ring (bicyclic) bond motifs is 1. The van der Waals surface area contributed by atoms with E-state index < -0.39 is 0 Å². The second-order valence-corrected chi connectivity index (χ2v) is 6.55. The molecule has 0 spiro atoms. The molecule has 2 aliphatic heterocycles. The van der Waals surface area contributed by atoms with Gasteiger partial charge in [0.25, 0.3) is 0 Å². The van der Waals surface area contributed by atoms with Crippen molar-refractivity contribution in [2.24, 2.45) is 0 Å². The summed E-state index contributed by atoms with van der Waals surface area (Å²) < 4.78 is 13.1. The largest absolute Gasteiger partial charge is 0.487 e. The molecule has 1 N–H and O–H groups in total. The summed E-state index contributed by atoms with van der Waals surface area (Å²) in [5.74, 6) is 1.000. The van der Waals surface area contributed by atoms with Crippen molar-refractivity contribution in [3.63, 3.8) is 0 Å². The van der Waals surface area contributed by atoms with Crippen molar-refractivity contribution in [2.45, 2.75) is 50.9 Å². The van der Waals surface area contributed by atoms with Crippen LogP contribution in [0.4, 0.5) is 0 Å². The quantitative estimate of drug-likeness (QED) is 0.904. The molecule has 4 heteroatoms. The van der Waals surface area contributed by atoms with Crippen LogP contribution in [0.1, 0.15) is 44.2 Å². The van der Waals surface area contributed by atoms with Gasteiger partial charge in [-0.3, -0.25) is 0 Å². The van der Waals surface area contributed by atoms with Gasteiger partial charge in [0.2, 0.25) is 0 Å². The van der Waals surface area contributed by atoms with Gasteiger partial charge in [0.05, 0.1) is 6.10 Å². The molecule has 3 rings (SSSR count). The first kappa shape index (κ1) is 14.4. The van der Waals surface area contributed by atoms with Crippen molar-refractivity contribution in [1.29, 1.82) is 0 Å². The lowest BCUT2D eigenvalue weighted by molar-refractivity contribution is -0.00448. The molecule has 2 aliphatic rings. The van der Waals surface area contributed by atoms with Crippen LogP contribution >= 0.6 is 15.9 Å². The fraction of sp³-hybridized carbons (Fsp3) is 0.625. The Kier molecular flexibility index (Phi) is 4.64. The molecule has 110 valence electrons. The highest BCUT2D eigenvalue weighted by Gasteiger charge is 2.35. The maximum absolute atomic E-state index is 6.21. The fourth-order valence-electron chi connectivity index (χ4n) is 3.10. The van der Waals surface area contributed by atoms with Gasteiger partial charge >= 0.3 is 0 Å². The zero-order valence-electron chi connectivity index (χ0n) is 11.9. The summed E-state index contributed by atoms with van der Waals surface area (Å²) in [6.45, 7) is 4.12. The average Bonchev–Trinajstić information content (AvgIpc) is 2.98. The van der Waals surface area contributed by atoms with Crippen molar-refractivity contribution in [2.75, 3.05) is 13.2 Å². The fourth-order valence-corrected chi connectivity index (χ4v) is 3.44.